The molecule has 0 N–H and O–H groups in total. The maximum atomic E-state index is 12.2. The van der Waals surface area contributed by atoms with Crippen LogP contribution in [0.4, 0.5) is 0 Å². The zero-order valence-corrected chi connectivity index (χ0v) is 10.9. The number of halogens is 1. The van der Waals surface area contributed by atoms with Crippen molar-refractivity contribution in [1.29, 1.82) is 0 Å². The molecule has 1 aromatic rings. The van der Waals surface area contributed by atoms with Crippen LogP contribution in [0.25, 0.3) is 0 Å². The zero-order valence-electron chi connectivity index (χ0n) is 9.34. The van der Waals surface area contributed by atoms with E-state index in [9.17, 15) is 8.42 Å². The fourth-order valence-electron chi connectivity index (χ4n) is 1.69. The molecule has 0 aliphatic carbocycles. The van der Waals surface area contributed by atoms with E-state index < -0.39 is 10.0 Å². The van der Waals surface area contributed by atoms with Gasteiger partial charge in [-0.05, 0) is 18.6 Å². The van der Waals surface area contributed by atoms with Gasteiger partial charge in [0.15, 0.2) is 0 Å². The zero-order chi connectivity index (χ0) is 12.5. The molecule has 2 rings (SSSR count). The molecule has 0 spiro atoms. The first-order valence-electron chi connectivity index (χ1n) is 5.19. The van der Waals surface area contributed by atoms with E-state index in [1.165, 1.54) is 22.6 Å². The molecule has 1 aliphatic rings. The minimum absolute atomic E-state index is 0.101. The van der Waals surface area contributed by atoms with Gasteiger partial charge >= 0.3 is 0 Å². The molecule has 2 heterocycles. The maximum Gasteiger partial charge on any atom is 0.244 e. The molecule has 0 bridgehead atoms. The molecule has 7 heteroatoms. The first-order valence-corrected chi connectivity index (χ1v) is 7.01. The highest BCUT2D eigenvalue weighted by atomic mass is 35.5. The summed E-state index contributed by atoms with van der Waals surface area (Å²) in [6, 6.07) is 2.82. The summed E-state index contributed by atoms with van der Waals surface area (Å²) in [4.78, 5) is 3.93. The van der Waals surface area contributed by atoms with Gasteiger partial charge in [-0.3, -0.25) is 0 Å². The lowest BCUT2D eigenvalue weighted by molar-refractivity contribution is 0.181. The highest BCUT2D eigenvalue weighted by Crippen LogP contribution is 2.20. The lowest BCUT2D eigenvalue weighted by atomic mass is 10.3. The summed E-state index contributed by atoms with van der Waals surface area (Å²) in [6.07, 6.45) is 1.99. The van der Waals surface area contributed by atoms with Crippen LogP contribution in [0.1, 0.15) is 6.42 Å². The number of pyridine rings is 1. The van der Waals surface area contributed by atoms with E-state index in [0.29, 0.717) is 13.2 Å². The van der Waals surface area contributed by atoms with Gasteiger partial charge in [0.1, 0.15) is 10.0 Å². The van der Waals surface area contributed by atoms with Crippen LogP contribution in [0.3, 0.4) is 0 Å². The molecule has 0 amide bonds. The summed E-state index contributed by atoms with van der Waals surface area (Å²) in [6.45, 7) is 1.04. The van der Waals surface area contributed by atoms with Crippen molar-refractivity contribution in [3.05, 3.63) is 23.5 Å². The van der Waals surface area contributed by atoms with E-state index in [-0.39, 0.29) is 16.1 Å². The van der Waals surface area contributed by atoms with Gasteiger partial charge in [0.25, 0.3) is 0 Å². The molecule has 5 nitrogen and oxygen atoms in total. The lowest BCUT2D eigenvalue weighted by Crippen LogP contribution is -2.37. The van der Waals surface area contributed by atoms with E-state index in [1.807, 2.05) is 0 Å². The number of likely N-dealkylation sites (N-methyl/N-ethyl adjacent to an activating group) is 1. The molecule has 0 aromatic carbocycles. The molecule has 0 saturated carbocycles. The standard InChI is InChI=1S/C10H13ClN2O3S/c1-13(8-4-5-16-7-8)17(14,15)9-2-3-10(11)12-6-9/h2-3,6,8H,4-5,7H2,1H3. The number of sulfonamides is 1. The molecule has 94 valence electrons. The molecule has 0 radical (unpaired) electrons. The Kier molecular flexibility index (Phi) is 3.67. The van der Waals surface area contributed by atoms with E-state index in [2.05, 4.69) is 4.98 Å². The summed E-state index contributed by atoms with van der Waals surface area (Å²) < 4.78 is 31.0. The average molecular weight is 277 g/mol. The summed E-state index contributed by atoms with van der Waals surface area (Å²) in [5.41, 5.74) is 0. The number of ether oxygens (including phenoxy) is 1. The minimum Gasteiger partial charge on any atom is -0.380 e. The van der Waals surface area contributed by atoms with Crippen molar-refractivity contribution in [2.24, 2.45) is 0 Å². The van der Waals surface area contributed by atoms with Crippen LogP contribution in [0.5, 0.6) is 0 Å². The molecule has 1 aliphatic heterocycles. The van der Waals surface area contributed by atoms with E-state index in [0.717, 1.165) is 6.42 Å². The highest BCUT2D eigenvalue weighted by Gasteiger charge is 2.30. The Labute approximate surface area is 105 Å². The van der Waals surface area contributed by atoms with Crippen LogP contribution in [0.2, 0.25) is 5.15 Å². The fraction of sp³-hybridized carbons (Fsp3) is 0.500. The highest BCUT2D eigenvalue weighted by molar-refractivity contribution is 7.89. The Morgan fingerprint density at radius 2 is 2.29 bits per heavy atom. The number of hydrogen-bond acceptors (Lipinski definition) is 4. The molecule has 1 aromatic heterocycles. The fourth-order valence-corrected chi connectivity index (χ4v) is 3.12. The Morgan fingerprint density at radius 3 is 2.82 bits per heavy atom. The van der Waals surface area contributed by atoms with Gasteiger partial charge in [-0.2, -0.15) is 4.31 Å². The second-order valence-corrected chi connectivity index (χ2v) is 6.24. The van der Waals surface area contributed by atoms with Crippen LogP contribution < -0.4 is 0 Å². The van der Waals surface area contributed by atoms with E-state index in [4.69, 9.17) is 16.3 Å². The summed E-state index contributed by atoms with van der Waals surface area (Å²) in [5, 5.41) is 0.274. The minimum atomic E-state index is -3.51. The van der Waals surface area contributed by atoms with Crippen molar-refractivity contribution in [2.45, 2.75) is 17.4 Å². The maximum absolute atomic E-state index is 12.2. The van der Waals surface area contributed by atoms with Crippen molar-refractivity contribution in [3.63, 3.8) is 0 Å². The largest absolute Gasteiger partial charge is 0.380 e. The summed E-state index contributed by atoms with van der Waals surface area (Å²) in [7, 11) is -1.95. The quantitative estimate of drug-likeness (QED) is 0.777. The van der Waals surface area contributed by atoms with Gasteiger partial charge in [-0.15, -0.1) is 0 Å². The molecular formula is C10H13ClN2O3S. The van der Waals surface area contributed by atoms with Crippen molar-refractivity contribution in [2.75, 3.05) is 20.3 Å². The lowest BCUT2D eigenvalue weighted by Gasteiger charge is -2.22. The van der Waals surface area contributed by atoms with Gasteiger partial charge in [0, 0.05) is 19.9 Å². The molecular weight excluding hydrogens is 264 g/mol. The third kappa shape index (κ3) is 2.60. The summed E-state index contributed by atoms with van der Waals surface area (Å²) >= 11 is 5.63. The van der Waals surface area contributed by atoms with Crippen molar-refractivity contribution in [1.82, 2.24) is 9.29 Å². The van der Waals surface area contributed by atoms with Gasteiger partial charge in [-0.1, -0.05) is 11.6 Å². The first-order chi connectivity index (χ1) is 8.01. The van der Waals surface area contributed by atoms with Gasteiger partial charge in [-0.25, -0.2) is 13.4 Å². The monoisotopic (exact) mass is 276 g/mol. The van der Waals surface area contributed by atoms with Crippen LogP contribution in [-0.4, -0.2) is 44.0 Å². The smallest absolute Gasteiger partial charge is 0.244 e. The number of rotatable bonds is 3. The van der Waals surface area contributed by atoms with Gasteiger partial charge < -0.3 is 4.74 Å². The third-order valence-corrected chi connectivity index (χ3v) is 4.91. The average Bonchev–Trinajstić information content (AvgIpc) is 2.82. The summed E-state index contributed by atoms with van der Waals surface area (Å²) in [5.74, 6) is 0. The first kappa shape index (κ1) is 12.8. The van der Waals surface area contributed by atoms with Gasteiger partial charge in [0.2, 0.25) is 10.0 Å². The second-order valence-electron chi connectivity index (χ2n) is 3.86. The molecule has 1 fully saturated rings. The Morgan fingerprint density at radius 1 is 1.53 bits per heavy atom. The normalized spacial score (nSPS) is 21.0. The van der Waals surface area contributed by atoms with E-state index >= 15 is 0 Å². The van der Waals surface area contributed by atoms with Crippen molar-refractivity contribution < 1.29 is 13.2 Å². The van der Waals surface area contributed by atoms with Crippen LogP contribution in [0, 0.1) is 0 Å². The topological polar surface area (TPSA) is 59.5 Å². The third-order valence-electron chi connectivity index (χ3n) is 2.80. The molecule has 1 atom stereocenters. The molecule has 17 heavy (non-hydrogen) atoms. The van der Waals surface area contributed by atoms with Crippen molar-refractivity contribution in [3.8, 4) is 0 Å². The number of aromatic nitrogens is 1. The van der Waals surface area contributed by atoms with Gasteiger partial charge in [0.05, 0.1) is 12.6 Å². The second kappa shape index (κ2) is 4.89. The predicted molar refractivity (Wildman–Crippen MR) is 63.4 cm³/mol. The molecule has 1 saturated heterocycles. The SMILES string of the molecule is CN(C1CCOC1)S(=O)(=O)c1ccc(Cl)nc1. The Hall–Kier alpha value is -0.690. The Bertz CT molecular complexity index is 483. The predicted octanol–water partition coefficient (Wildman–Crippen LogP) is 1.14. The van der Waals surface area contributed by atoms with Crippen LogP contribution in [-0.2, 0) is 14.8 Å². The van der Waals surface area contributed by atoms with E-state index in [1.54, 1.807) is 7.05 Å². The van der Waals surface area contributed by atoms with Crippen LogP contribution in [0.15, 0.2) is 23.2 Å². The molecule has 1 unspecified atom stereocenters. The van der Waals surface area contributed by atoms with Crippen molar-refractivity contribution >= 4 is 21.6 Å². The Balaban J connectivity index is 2.26. The van der Waals surface area contributed by atoms with Crippen LogP contribution >= 0.6 is 11.6 Å². The number of hydrogen-bond donors (Lipinski definition) is 0. The number of nitrogens with zero attached hydrogens (tertiary/aromatic N) is 2.